The zero-order chi connectivity index (χ0) is 31.1. The van der Waals surface area contributed by atoms with Gasteiger partial charge in [0.15, 0.2) is 0 Å². The van der Waals surface area contributed by atoms with Crippen molar-refractivity contribution in [2.24, 2.45) is 0 Å². The predicted octanol–water partition coefficient (Wildman–Crippen LogP) is 11.3. The van der Waals surface area contributed by atoms with E-state index in [2.05, 4.69) is 149 Å². The third-order valence-electron chi connectivity index (χ3n) is 9.58. The smallest absolute Gasteiger partial charge is 0.145 e. The topological polar surface area (TPSA) is 46.8 Å². The maximum atomic E-state index is 10.3. The molecular weight excluding hydrogens is 574 g/mol. The lowest BCUT2D eigenvalue weighted by Crippen LogP contribution is -1.96. The van der Waals surface area contributed by atoms with Crippen molar-refractivity contribution in [3.05, 3.63) is 157 Å². The molecule has 0 amide bonds. The Bertz CT molecular complexity index is 2860. The molecule has 10 aromatic rings. The molecule has 0 unspecified atom stereocenters. The standard InChI is InChI=1S/C43H25N3O/c44-26-28-25-30(46-37-13-5-1-9-32(37)33-10-2-6-14-38(33)46)21-22-31(28)27-17-19-29(20-18-27)45-39-15-7-3-12-36(39)42-40(45)24-23-35-34-11-4-8-16-41(34)47-43(35)42/h1-25H. The van der Waals surface area contributed by atoms with Gasteiger partial charge < -0.3 is 13.6 Å². The van der Waals surface area contributed by atoms with E-state index in [1.54, 1.807) is 0 Å². The number of hydrogen-bond donors (Lipinski definition) is 0. The second-order valence-corrected chi connectivity index (χ2v) is 12.0. The van der Waals surface area contributed by atoms with E-state index in [9.17, 15) is 5.26 Å². The van der Waals surface area contributed by atoms with Crippen LogP contribution in [0.2, 0.25) is 0 Å². The molecule has 218 valence electrons. The van der Waals surface area contributed by atoms with Gasteiger partial charge in [-0.2, -0.15) is 5.26 Å². The minimum atomic E-state index is 0.640. The summed E-state index contributed by atoms with van der Waals surface area (Å²) in [6.45, 7) is 0. The zero-order valence-electron chi connectivity index (χ0n) is 25.2. The minimum Gasteiger partial charge on any atom is -0.455 e. The Balaban J connectivity index is 1.11. The van der Waals surface area contributed by atoms with E-state index >= 15 is 0 Å². The van der Waals surface area contributed by atoms with Gasteiger partial charge in [0.2, 0.25) is 0 Å². The van der Waals surface area contributed by atoms with Crippen LogP contribution in [0.5, 0.6) is 0 Å². The van der Waals surface area contributed by atoms with E-state index < -0.39 is 0 Å². The van der Waals surface area contributed by atoms with Crippen LogP contribution >= 0.6 is 0 Å². The van der Waals surface area contributed by atoms with E-state index in [0.717, 1.165) is 77.3 Å². The number of furan rings is 1. The highest BCUT2D eigenvalue weighted by atomic mass is 16.3. The molecule has 47 heavy (non-hydrogen) atoms. The lowest BCUT2D eigenvalue weighted by atomic mass is 9.99. The highest BCUT2D eigenvalue weighted by molar-refractivity contribution is 6.23. The number of benzene rings is 7. The Kier molecular flexibility index (Phi) is 5.32. The molecular formula is C43H25N3O. The zero-order valence-corrected chi connectivity index (χ0v) is 25.2. The average Bonchev–Trinajstić information content (AvgIpc) is 3.79. The average molecular weight is 600 g/mol. The first kappa shape index (κ1) is 25.7. The van der Waals surface area contributed by atoms with Crippen molar-refractivity contribution in [1.29, 1.82) is 5.26 Å². The summed E-state index contributed by atoms with van der Waals surface area (Å²) in [6, 6.07) is 55.2. The van der Waals surface area contributed by atoms with Crippen molar-refractivity contribution < 1.29 is 4.42 Å². The fraction of sp³-hybridized carbons (Fsp3) is 0. The SMILES string of the molecule is N#Cc1cc(-n2c3ccccc3c3ccccc32)ccc1-c1ccc(-n2c3ccccc3c3c4oc5ccccc5c4ccc32)cc1. The third-order valence-corrected chi connectivity index (χ3v) is 9.58. The Hall–Kier alpha value is -6.57. The molecule has 0 aliphatic rings. The summed E-state index contributed by atoms with van der Waals surface area (Å²) in [5.41, 5.74) is 10.9. The Labute approximate surface area is 269 Å². The number of aromatic nitrogens is 2. The van der Waals surface area contributed by atoms with E-state index in [1.807, 2.05) is 18.2 Å². The van der Waals surface area contributed by atoms with Gasteiger partial charge in [-0.15, -0.1) is 0 Å². The molecule has 0 saturated carbocycles. The summed E-state index contributed by atoms with van der Waals surface area (Å²) in [5, 5.41) is 17.3. The van der Waals surface area contributed by atoms with E-state index in [0.29, 0.717) is 5.56 Å². The Morgan fingerprint density at radius 1 is 0.468 bits per heavy atom. The monoisotopic (exact) mass is 599 g/mol. The summed E-state index contributed by atoms with van der Waals surface area (Å²) in [6.07, 6.45) is 0. The van der Waals surface area contributed by atoms with Crippen LogP contribution in [0.25, 0.3) is 88.1 Å². The molecule has 3 heterocycles. The maximum Gasteiger partial charge on any atom is 0.145 e. The number of hydrogen-bond acceptors (Lipinski definition) is 2. The molecule has 0 radical (unpaired) electrons. The van der Waals surface area contributed by atoms with Crippen molar-refractivity contribution >= 4 is 65.6 Å². The summed E-state index contributed by atoms with van der Waals surface area (Å²) < 4.78 is 11.0. The van der Waals surface area contributed by atoms with Gasteiger partial charge in [0.05, 0.1) is 39.1 Å². The van der Waals surface area contributed by atoms with E-state index in [1.165, 1.54) is 10.8 Å². The van der Waals surface area contributed by atoms with Crippen LogP contribution in [-0.4, -0.2) is 9.13 Å². The highest BCUT2D eigenvalue weighted by Crippen LogP contribution is 2.41. The molecule has 0 aliphatic heterocycles. The number of fused-ring (bicyclic) bond motifs is 10. The highest BCUT2D eigenvalue weighted by Gasteiger charge is 2.19. The van der Waals surface area contributed by atoms with Crippen LogP contribution in [0.1, 0.15) is 5.56 Å². The van der Waals surface area contributed by atoms with Crippen LogP contribution in [0.15, 0.2) is 156 Å². The van der Waals surface area contributed by atoms with Crippen molar-refractivity contribution in [3.63, 3.8) is 0 Å². The fourth-order valence-corrected chi connectivity index (χ4v) is 7.52. The van der Waals surface area contributed by atoms with Gasteiger partial charge in [0.1, 0.15) is 11.2 Å². The second-order valence-electron chi connectivity index (χ2n) is 12.0. The van der Waals surface area contributed by atoms with Crippen LogP contribution in [0.4, 0.5) is 0 Å². The van der Waals surface area contributed by atoms with Gasteiger partial charge in [-0.25, -0.2) is 0 Å². The molecule has 4 heteroatoms. The summed E-state index contributed by atoms with van der Waals surface area (Å²) in [7, 11) is 0. The van der Waals surface area contributed by atoms with Crippen LogP contribution in [0.3, 0.4) is 0 Å². The molecule has 0 saturated heterocycles. The molecule has 10 rings (SSSR count). The van der Waals surface area contributed by atoms with Crippen molar-refractivity contribution in [2.75, 3.05) is 0 Å². The molecule has 0 spiro atoms. The predicted molar refractivity (Wildman–Crippen MR) is 193 cm³/mol. The number of nitriles is 1. The Morgan fingerprint density at radius 3 is 1.74 bits per heavy atom. The van der Waals surface area contributed by atoms with Crippen LogP contribution in [0, 0.1) is 11.3 Å². The van der Waals surface area contributed by atoms with Crippen LogP contribution < -0.4 is 0 Å². The number of para-hydroxylation sites is 4. The Morgan fingerprint density at radius 2 is 1.04 bits per heavy atom. The van der Waals surface area contributed by atoms with Gasteiger partial charge in [-0.05, 0) is 71.8 Å². The van der Waals surface area contributed by atoms with Crippen molar-refractivity contribution in [1.82, 2.24) is 9.13 Å². The molecule has 7 aromatic carbocycles. The summed E-state index contributed by atoms with van der Waals surface area (Å²) in [5.74, 6) is 0. The van der Waals surface area contributed by atoms with Crippen LogP contribution in [-0.2, 0) is 0 Å². The van der Waals surface area contributed by atoms with Gasteiger partial charge in [0.25, 0.3) is 0 Å². The third kappa shape index (κ3) is 3.63. The quantitative estimate of drug-likeness (QED) is 0.203. The molecule has 0 fully saturated rings. The van der Waals surface area contributed by atoms with Gasteiger partial charge in [-0.3, -0.25) is 0 Å². The first-order valence-corrected chi connectivity index (χ1v) is 15.8. The van der Waals surface area contributed by atoms with E-state index in [-0.39, 0.29) is 0 Å². The molecule has 4 nitrogen and oxygen atoms in total. The van der Waals surface area contributed by atoms with Gasteiger partial charge in [0, 0.05) is 38.3 Å². The fourth-order valence-electron chi connectivity index (χ4n) is 7.52. The lowest BCUT2D eigenvalue weighted by molar-refractivity contribution is 0.673. The summed E-state index contributed by atoms with van der Waals surface area (Å²) >= 11 is 0. The second kappa shape index (κ2) is 9.71. The first-order valence-electron chi connectivity index (χ1n) is 15.8. The number of rotatable bonds is 3. The largest absolute Gasteiger partial charge is 0.455 e. The summed E-state index contributed by atoms with van der Waals surface area (Å²) in [4.78, 5) is 0. The van der Waals surface area contributed by atoms with E-state index in [4.69, 9.17) is 4.42 Å². The molecule has 0 atom stereocenters. The maximum absolute atomic E-state index is 10.3. The first-order chi connectivity index (χ1) is 23.3. The van der Waals surface area contributed by atoms with Crippen molar-refractivity contribution in [2.45, 2.75) is 0 Å². The molecule has 3 aromatic heterocycles. The molecule has 0 aliphatic carbocycles. The normalized spacial score (nSPS) is 11.8. The number of nitrogens with zero attached hydrogens (tertiary/aromatic N) is 3. The lowest BCUT2D eigenvalue weighted by Gasteiger charge is -2.12. The molecule has 0 N–H and O–H groups in total. The molecule has 0 bridgehead atoms. The minimum absolute atomic E-state index is 0.640. The van der Waals surface area contributed by atoms with Crippen molar-refractivity contribution in [3.8, 4) is 28.6 Å². The van der Waals surface area contributed by atoms with Gasteiger partial charge >= 0.3 is 0 Å². The van der Waals surface area contributed by atoms with Gasteiger partial charge in [-0.1, -0.05) is 91.0 Å².